The van der Waals surface area contributed by atoms with Crippen LogP contribution in [0.3, 0.4) is 0 Å². The lowest BCUT2D eigenvalue weighted by Gasteiger charge is -2.36. The van der Waals surface area contributed by atoms with Crippen LogP contribution in [0, 0.1) is 11.8 Å². The molecule has 5 nitrogen and oxygen atoms in total. The molecular weight excluding hydrogens is 432 g/mol. The van der Waals surface area contributed by atoms with Crippen LogP contribution in [0.2, 0.25) is 5.02 Å². The third-order valence-corrected chi connectivity index (χ3v) is 8.27. The summed E-state index contributed by atoms with van der Waals surface area (Å²) in [6.45, 7) is 2.70. The lowest BCUT2D eigenvalue weighted by molar-refractivity contribution is -0.146. The summed E-state index contributed by atoms with van der Waals surface area (Å²) in [6.07, 6.45) is 8.03. The Hall–Kier alpha value is -1.50. The second-order valence-electron chi connectivity index (χ2n) is 8.72. The van der Waals surface area contributed by atoms with Gasteiger partial charge in [-0.3, -0.25) is 9.78 Å². The van der Waals surface area contributed by atoms with E-state index in [0.29, 0.717) is 11.6 Å². The number of likely N-dealkylation sites (tertiary alicyclic amines) is 1. The Balaban J connectivity index is 1.35. The molecule has 7 heteroatoms. The zero-order chi connectivity index (χ0) is 21.8. The summed E-state index contributed by atoms with van der Waals surface area (Å²) in [6, 6.07) is 5.84. The van der Waals surface area contributed by atoms with Gasteiger partial charge in [0.25, 0.3) is 0 Å². The third kappa shape index (κ3) is 5.85. The van der Waals surface area contributed by atoms with E-state index in [2.05, 4.69) is 9.88 Å². The number of piperidine rings is 1. The van der Waals surface area contributed by atoms with Crippen molar-refractivity contribution in [3.8, 4) is 5.75 Å². The normalized spacial score (nSPS) is 22.0. The maximum Gasteiger partial charge on any atom is 0.308 e. The molecule has 1 aromatic heterocycles. The SMILES string of the molecule is COc1ccc2ncc(Cl)c(CCCC3CCN(CCSC4CC4)CC3C(=O)O)c2c1. The van der Waals surface area contributed by atoms with Crippen molar-refractivity contribution in [2.24, 2.45) is 11.8 Å². The molecule has 0 bridgehead atoms. The summed E-state index contributed by atoms with van der Waals surface area (Å²) in [4.78, 5) is 18.7. The monoisotopic (exact) mass is 462 g/mol. The number of nitrogens with zero attached hydrogens (tertiary/aromatic N) is 2. The van der Waals surface area contributed by atoms with E-state index < -0.39 is 5.97 Å². The molecule has 2 unspecified atom stereocenters. The highest BCUT2D eigenvalue weighted by atomic mass is 35.5. The number of carboxylic acids is 1. The van der Waals surface area contributed by atoms with Crippen molar-refractivity contribution in [2.75, 3.05) is 32.5 Å². The minimum Gasteiger partial charge on any atom is -0.497 e. The molecule has 0 spiro atoms. The van der Waals surface area contributed by atoms with Crippen LogP contribution >= 0.6 is 23.4 Å². The second kappa shape index (κ2) is 10.4. The number of aromatic nitrogens is 1. The lowest BCUT2D eigenvalue weighted by atomic mass is 9.81. The number of pyridine rings is 1. The van der Waals surface area contributed by atoms with Gasteiger partial charge in [-0.15, -0.1) is 0 Å². The van der Waals surface area contributed by atoms with E-state index in [9.17, 15) is 9.90 Å². The summed E-state index contributed by atoms with van der Waals surface area (Å²) in [5, 5.41) is 12.4. The standard InChI is InChI=1S/C24H31ClN2O3S/c1-30-17-5-8-23-20(13-17)19(22(25)14-26-23)4-2-3-16-9-10-27(15-21(16)24(28)29)11-12-31-18-6-7-18/h5,8,13-14,16,18,21H,2-4,6-7,9-12,15H2,1H3,(H,28,29). The molecule has 1 N–H and O–H groups in total. The van der Waals surface area contributed by atoms with Crippen LogP contribution in [-0.2, 0) is 11.2 Å². The molecule has 2 aromatic rings. The first-order valence-electron chi connectivity index (χ1n) is 11.2. The van der Waals surface area contributed by atoms with Gasteiger partial charge in [-0.25, -0.2) is 0 Å². The number of halogens is 1. The van der Waals surface area contributed by atoms with Gasteiger partial charge in [0.2, 0.25) is 0 Å². The van der Waals surface area contributed by atoms with E-state index in [1.165, 1.54) is 12.8 Å². The van der Waals surface area contributed by atoms with Gasteiger partial charge < -0.3 is 14.7 Å². The van der Waals surface area contributed by atoms with E-state index in [4.69, 9.17) is 16.3 Å². The number of aliphatic carboxylic acids is 1. The van der Waals surface area contributed by atoms with Crippen molar-refractivity contribution < 1.29 is 14.6 Å². The van der Waals surface area contributed by atoms with Gasteiger partial charge in [0.05, 0.1) is 23.6 Å². The van der Waals surface area contributed by atoms with Gasteiger partial charge in [-0.2, -0.15) is 11.8 Å². The molecule has 0 amide bonds. The highest BCUT2D eigenvalue weighted by Crippen LogP contribution is 2.35. The molecule has 2 atom stereocenters. The van der Waals surface area contributed by atoms with Crippen LogP contribution in [0.4, 0.5) is 0 Å². The minimum absolute atomic E-state index is 0.228. The second-order valence-corrected chi connectivity index (χ2v) is 10.5. The van der Waals surface area contributed by atoms with Gasteiger partial charge in [-0.1, -0.05) is 11.6 Å². The molecular formula is C24H31ClN2O3S. The molecule has 1 aliphatic carbocycles. The number of carbonyl (C=O) groups is 1. The Kier molecular flexibility index (Phi) is 7.62. The molecule has 1 saturated heterocycles. The molecule has 0 radical (unpaired) electrons. The summed E-state index contributed by atoms with van der Waals surface area (Å²) >= 11 is 8.53. The molecule has 4 rings (SSSR count). The lowest BCUT2D eigenvalue weighted by Crippen LogP contribution is -2.44. The van der Waals surface area contributed by atoms with Gasteiger partial charge in [0.1, 0.15) is 5.75 Å². The largest absolute Gasteiger partial charge is 0.497 e. The molecule has 1 aliphatic heterocycles. The number of ether oxygens (including phenoxy) is 1. The average Bonchev–Trinajstić information content (AvgIpc) is 3.60. The third-order valence-electron chi connectivity index (χ3n) is 6.58. The first kappa shape index (κ1) is 22.7. The van der Waals surface area contributed by atoms with Gasteiger partial charge in [0, 0.05) is 35.7 Å². The number of carboxylic acid groups (broad SMARTS) is 1. The van der Waals surface area contributed by atoms with Crippen LogP contribution in [0.1, 0.15) is 37.7 Å². The van der Waals surface area contributed by atoms with Crippen LogP contribution < -0.4 is 4.74 Å². The summed E-state index contributed by atoms with van der Waals surface area (Å²) < 4.78 is 5.37. The first-order chi connectivity index (χ1) is 15.0. The van der Waals surface area contributed by atoms with E-state index >= 15 is 0 Å². The van der Waals surface area contributed by atoms with Crippen molar-refractivity contribution in [3.05, 3.63) is 35.0 Å². The Labute approximate surface area is 193 Å². The molecule has 2 heterocycles. The van der Waals surface area contributed by atoms with Crippen molar-refractivity contribution in [2.45, 2.75) is 43.8 Å². The van der Waals surface area contributed by atoms with Crippen LogP contribution in [0.15, 0.2) is 24.4 Å². The zero-order valence-electron chi connectivity index (χ0n) is 18.1. The van der Waals surface area contributed by atoms with E-state index in [1.54, 1.807) is 13.3 Å². The quantitative estimate of drug-likeness (QED) is 0.527. The number of methoxy groups -OCH3 is 1. The number of fused-ring (bicyclic) bond motifs is 1. The topological polar surface area (TPSA) is 62.7 Å². The number of aryl methyl sites for hydroxylation is 1. The predicted octanol–water partition coefficient (Wildman–Crippen LogP) is 5.14. The number of benzene rings is 1. The molecule has 168 valence electrons. The smallest absolute Gasteiger partial charge is 0.308 e. The molecule has 31 heavy (non-hydrogen) atoms. The van der Waals surface area contributed by atoms with E-state index in [1.807, 2.05) is 30.0 Å². The van der Waals surface area contributed by atoms with Crippen molar-refractivity contribution in [1.29, 1.82) is 0 Å². The van der Waals surface area contributed by atoms with Crippen molar-refractivity contribution >= 4 is 40.2 Å². The Bertz CT molecular complexity index is 921. The summed E-state index contributed by atoms with van der Waals surface area (Å²) in [5.41, 5.74) is 1.98. The molecule has 1 aromatic carbocycles. The summed E-state index contributed by atoms with van der Waals surface area (Å²) in [5.74, 6) is 1.21. The Morgan fingerprint density at radius 1 is 1.35 bits per heavy atom. The fraction of sp³-hybridized carbons (Fsp3) is 0.583. The van der Waals surface area contributed by atoms with Crippen molar-refractivity contribution in [3.63, 3.8) is 0 Å². The van der Waals surface area contributed by atoms with Crippen LogP contribution in [0.25, 0.3) is 10.9 Å². The average molecular weight is 463 g/mol. The number of rotatable bonds is 10. The number of hydrogen-bond donors (Lipinski definition) is 1. The highest BCUT2D eigenvalue weighted by molar-refractivity contribution is 8.00. The Morgan fingerprint density at radius 2 is 2.19 bits per heavy atom. The molecule has 1 saturated carbocycles. The summed E-state index contributed by atoms with van der Waals surface area (Å²) in [7, 11) is 1.65. The van der Waals surface area contributed by atoms with Gasteiger partial charge in [0.15, 0.2) is 0 Å². The predicted molar refractivity (Wildman–Crippen MR) is 127 cm³/mol. The van der Waals surface area contributed by atoms with E-state index in [0.717, 1.165) is 72.0 Å². The maximum atomic E-state index is 12.0. The first-order valence-corrected chi connectivity index (χ1v) is 12.7. The van der Waals surface area contributed by atoms with E-state index in [-0.39, 0.29) is 11.8 Å². The maximum absolute atomic E-state index is 12.0. The van der Waals surface area contributed by atoms with Gasteiger partial charge >= 0.3 is 5.97 Å². The highest BCUT2D eigenvalue weighted by Gasteiger charge is 2.34. The fourth-order valence-corrected chi connectivity index (χ4v) is 6.02. The van der Waals surface area contributed by atoms with Crippen molar-refractivity contribution in [1.82, 2.24) is 9.88 Å². The molecule has 2 fully saturated rings. The number of hydrogen-bond acceptors (Lipinski definition) is 5. The van der Waals surface area contributed by atoms with Crippen LogP contribution in [-0.4, -0.2) is 58.7 Å². The molecule has 2 aliphatic rings. The number of thioether (sulfide) groups is 1. The zero-order valence-corrected chi connectivity index (χ0v) is 19.6. The van der Waals surface area contributed by atoms with Crippen LogP contribution in [0.5, 0.6) is 5.75 Å². The van der Waals surface area contributed by atoms with Gasteiger partial charge in [-0.05, 0) is 74.8 Å². The fourth-order valence-electron chi connectivity index (χ4n) is 4.60. The minimum atomic E-state index is -0.651. The Morgan fingerprint density at radius 3 is 2.94 bits per heavy atom.